The molecule has 2 aromatic carbocycles. The smallest absolute Gasteiger partial charge is 0.292 e. The summed E-state index contributed by atoms with van der Waals surface area (Å²) in [6, 6.07) is 10.9. The normalized spacial score (nSPS) is 10.7. The van der Waals surface area contributed by atoms with Crippen LogP contribution < -0.4 is 16.2 Å². The molecule has 0 aliphatic heterocycles. The first-order valence-corrected chi connectivity index (χ1v) is 9.90. The van der Waals surface area contributed by atoms with Crippen molar-refractivity contribution < 1.29 is 9.18 Å². The maximum atomic E-state index is 12.9. The Kier molecular flexibility index (Phi) is 7.07. The van der Waals surface area contributed by atoms with Crippen LogP contribution in [0.25, 0.3) is 5.69 Å². The molecule has 1 aromatic heterocycles. The summed E-state index contributed by atoms with van der Waals surface area (Å²) in [6.07, 6.45) is 1.59. The Balaban J connectivity index is 1.56. The predicted octanol–water partition coefficient (Wildman–Crippen LogP) is 3.76. The lowest BCUT2D eigenvalue weighted by Gasteiger charge is -2.11. The minimum atomic E-state index is -0.484. The zero-order valence-electron chi connectivity index (χ0n) is 16.1. The maximum Gasteiger partial charge on any atom is 0.292 e. The first kappa shape index (κ1) is 21.8. The Morgan fingerprint density at radius 1 is 1.13 bits per heavy atom. The van der Waals surface area contributed by atoms with Crippen LogP contribution in [0.1, 0.15) is 11.1 Å². The predicted molar refractivity (Wildman–Crippen MR) is 116 cm³/mol. The molecule has 0 aliphatic rings. The summed E-state index contributed by atoms with van der Waals surface area (Å²) in [5.41, 5.74) is 2.00. The van der Waals surface area contributed by atoms with Gasteiger partial charge in [0.1, 0.15) is 10.8 Å². The molecular formula is C21H19Cl2FN4O2. The summed E-state index contributed by atoms with van der Waals surface area (Å²) in [5, 5.41) is 10.4. The number of hydrogen-bond acceptors (Lipinski definition) is 4. The highest BCUT2D eigenvalue weighted by Gasteiger charge is 2.11. The van der Waals surface area contributed by atoms with Gasteiger partial charge in [0, 0.05) is 18.1 Å². The van der Waals surface area contributed by atoms with Gasteiger partial charge in [-0.15, -0.1) is 0 Å². The summed E-state index contributed by atoms with van der Waals surface area (Å²) in [5.74, 6) is -0.541. The lowest BCUT2D eigenvalue weighted by atomic mass is 10.1. The van der Waals surface area contributed by atoms with E-state index in [0.29, 0.717) is 35.1 Å². The first-order chi connectivity index (χ1) is 14.3. The zero-order valence-corrected chi connectivity index (χ0v) is 17.6. The van der Waals surface area contributed by atoms with Crippen molar-refractivity contribution in [3.63, 3.8) is 0 Å². The summed E-state index contributed by atoms with van der Waals surface area (Å²) >= 11 is 12.3. The highest BCUT2D eigenvalue weighted by atomic mass is 35.5. The van der Waals surface area contributed by atoms with Gasteiger partial charge in [-0.3, -0.25) is 9.59 Å². The van der Waals surface area contributed by atoms with Crippen molar-refractivity contribution in [3.8, 4) is 5.69 Å². The van der Waals surface area contributed by atoms with E-state index in [4.69, 9.17) is 23.2 Å². The lowest BCUT2D eigenvalue weighted by molar-refractivity contribution is -0.120. The number of nitrogens with one attached hydrogen (secondary N) is 2. The van der Waals surface area contributed by atoms with Gasteiger partial charge in [-0.05, 0) is 42.3 Å². The molecule has 0 aliphatic carbocycles. The van der Waals surface area contributed by atoms with Gasteiger partial charge in [0.2, 0.25) is 5.91 Å². The third-order valence-electron chi connectivity index (χ3n) is 4.36. The molecule has 9 heteroatoms. The van der Waals surface area contributed by atoms with Gasteiger partial charge >= 0.3 is 0 Å². The molecule has 0 spiro atoms. The number of amides is 1. The third-order valence-corrected chi connectivity index (χ3v) is 5.13. The van der Waals surface area contributed by atoms with Gasteiger partial charge in [0.25, 0.3) is 5.56 Å². The van der Waals surface area contributed by atoms with E-state index in [1.807, 2.05) is 6.92 Å². The zero-order chi connectivity index (χ0) is 21.7. The molecule has 0 atom stereocenters. The molecule has 0 radical (unpaired) electrons. The number of hydrogen-bond donors (Lipinski definition) is 2. The van der Waals surface area contributed by atoms with Crippen molar-refractivity contribution in [3.05, 3.63) is 86.0 Å². The number of halogens is 3. The van der Waals surface area contributed by atoms with Crippen LogP contribution >= 0.6 is 23.2 Å². The fourth-order valence-electron chi connectivity index (χ4n) is 2.70. The van der Waals surface area contributed by atoms with Crippen LogP contribution in [-0.2, 0) is 11.2 Å². The van der Waals surface area contributed by atoms with Gasteiger partial charge in [0.15, 0.2) is 0 Å². The van der Waals surface area contributed by atoms with Crippen molar-refractivity contribution in [2.24, 2.45) is 0 Å². The van der Waals surface area contributed by atoms with Gasteiger partial charge in [-0.25, -0.2) is 4.39 Å². The second kappa shape index (κ2) is 9.73. The number of anilines is 1. The van der Waals surface area contributed by atoms with Crippen LogP contribution in [0.15, 0.2) is 53.5 Å². The van der Waals surface area contributed by atoms with Gasteiger partial charge in [-0.2, -0.15) is 9.78 Å². The van der Waals surface area contributed by atoms with E-state index in [1.165, 1.54) is 23.0 Å². The van der Waals surface area contributed by atoms with Crippen LogP contribution in [0.3, 0.4) is 0 Å². The second-order valence-electron chi connectivity index (χ2n) is 6.60. The van der Waals surface area contributed by atoms with Crippen LogP contribution in [-0.4, -0.2) is 28.8 Å². The van der Waals surface area contributed by atoms with Gasteiger partial charge < -0.3 is 10.6 Å². The highest BCUT2D eigenvalue weighted by molar-refractivity contribution is 6.33. The van der Waals surface area contributed by atoms with E-state index in [-0.39, 0.29) is 23.2 Å². The van der Waals surface area contributed by atoms with E-state index >= 15 is 0 Å². The molecule has 0 fully saturated rings. The standard InChI is InChI=1S/C21H19Cl2FN4O2/c1-13-2-7-16(11-17(13)22)28-21(30)20(23)18(12-27-28)25-8-9-26-19(29)10-14-3-5-15(24)6-4-14/h2-7,11-12,25H,8-10H2,1H3,(H,26,29). The van der Waals surface area contributed by atoms with Crippen molar-refractivity contribution in [1.29, 1.82) is 0 Å². The summed E-state index contributed by atoms with van der Waals surface area (Å²) < 4.78 is 14.1. The Bertz CT molecular complexity index is 1120. The fraction of sp³-hybridized carbons (Fsp3) is 0.190. The molecule has 30 heavy (non-hydrogen) atoms. The highest BCUT2D eigenvalue weighted by Crippen LogP contribution is 2.20. The third kappa shape index (κ3) is 5.37. The Labute approximate surface area is 182 Å². The summed E-state index contributed by atoms with van der Waals surface area (Å²) in [4.78, 5) is 24.5. The molecule has 1 amide bonds. The van der Waals surface area contributed by atoms with Crippen molar-refractivity contribution in [2.45, 2.75) is 13.3 Å². The number of aryl methyl sites for hydroxylation is 1. The topological polar surface area (TPSA) is 76.0 Å². The largest absolute Gasteiger partial charge is 0.381 e. The maximum absolute atomic E-state index is 12.9. The summed E-state index contributed by atoms with van der Waals surface area (Å²) in [6.45, 7) is 2.52. The fourth-order valence-corrected chi connectivity index (χ4v) is 3.07. The van der Waals surface area contributed by atoms with Crippen molar-refractivity contribution >= 4 is 34.8 Å². The van der Waals surface area contributed by atoms with Crippen LogP contribution in [0, 0.1) is 12.7 Å². The molecule has 1 heterocycles. The Morgan fingerprint density at radius 3 is 2.57 bits per heavy atom. The monoisotopic (exact) mass is 448 g/mol. The van der Waals surface area contributed by atoms with E-state index in [1.54, 1.807) is 30.3 Å². The SMILES string of the molecule is Cc1ccc(-n2ncc(NCCNC(=O)Cc3ccc(F)cc3)c(Cl)c2=O)cc1Cl. The minimum Gasteiger partial charge on any atom is -0.381 e. The molecule has 0 saturated heterocycles. The molecule has 0 saturated carbocycles. The Morgan fingerprint density at radius 2 is 1.87 bits per heavy atom. The number of benzene rings is 2. The average molecular weight is 449 g/mol. The van der Waals surface area contributed by atoms with Crippen LogP contribution in [0.2, 0.25) is 10.0 Å². The molecule has 6 nitrogen and oxygen atoms in total. The summed E-state index contributed by atoms with van der Waals surface area (Å²) in [7, 11) is 0. The van der Waals surface area contributed by atoms with Crippen molar-refractivity contribution in [2.75, 3.05) is 18.4 Å². The van der Waals surface area contributed by atoms with Gasteiger partial charge in [-0.1, -0.05) is 41.4 Å². The van der Waals surface area contributed by atoms with E-state index in [9.17, 15) is 14.0 Å². The number of carbonyl (C=O) groups excluding carboxylic acids is 1. The number of aromatic nitrogens is 2. The number of rotatable bonds is 7. The molecular weight excluding hydrogens is 430 g/mol. The van der Waals surface area contributed by atoms with E-state index in [2.05, 4.69) is 15.7 Å². The lowest BCUT2D eigenvalue weighted by Crippen LogP contribution is -2.30. The van der Waals surface area contributed by atoms with Crippen molar-refractivity contribution in [1.82, 2.24) is 15.1 Å². The quantitative estimate of drug-likeness (QED) is 0.539. The minimum absolute atomic E-state index is 0.0145. The number of carbonyl (C=O) groups is 1. The molecule has 2 N–H and O–H groups in total. The molecule has 0 bridgehead atoms. The first-order valence-electron chi connectivity index (χ1n) is 9.14. The molecule has 156 valence electrons. The van der Waals surface area contributed by atoms with Crippen LogP contribution in [0.5, 0.6) is 0 Å². The van der Waals surface area contributed by atoms with Gasteiger partial charge in [0.05, 0.1) is 24.0 Å². The van der Waals surface area contributed by atoms with E-state index < -0.39 is 5.56 Å². The molecule has 3 rings (SSSR count). The molecule has 3 aromatic rings. The van der Waals surface area contributed by atoms with Crippen LogP contribution in [0.4, 0.5) is 10.1 Å². The average Bonchev–Trinajstić information content (AvgIpc) is 2.72. The molecule has 0 unspecified atom stereocenters. The Hall–Kier alpha value is -2.90. The number of nitrogens with zero attached hydrogens (tertiary/aromatic N) is 2. The van der Waals surface area contributed by atoms with E-state index in [0.717, 1.165) is 5.56 Å². The second-order valence-corrected chi connectivity index (χ2v) is 7.39.